The normalized spacial score (nSPS) is 23.2. The van der Waals surface area contributed by atoms with Crippen LogP contribution in [0.2, 0.25) is 0 Å². The Morgan fingerprint density at radius 2 is 2.33 bits per heavy atom. The first-order chi connectivity index (χ1) is 8.83. The monoisotopic (exact) mass is 264 g/mol. The maximum absolute atomic E-state index is 12.4. The van der Waals surface area contributed by atoms with Crippen molar-refractivity contribution in [3.63, 3.8) is 0 Å². The van der Waals surface area contributed by atoms with Gasteiger partial charge in [0.1, 0.15) is 0 Å². The van der Waals surface area contributed by atoms with Crippen molar-refractivity contribution in [2.24, 2.45) is 0 Å². The van der Waals surface area contributed by atoms with Crippen molar-refractivity contribution in [2.45, 2.75) is 50.7 Å². The van der Waals surface area contributed by atoms with Gasteiger partial charge in [0, 0.05) is 23.4 Å². The summed E-state index contributed by atoms with van der Waals surface area (Å²) in [5, 5.41) is 5.50. The molecule has 2 fully saturated rings. The van der Waals surface area contributed by atoms with E-state index in [4.69, 9.17) is 0 Å². The fourth-order valence-electron chi connectivity index (χ4n) is 2.64. The first kappa shape index (κ1) is 12.2. The minimum Gasteiger partial charge on any atom is -0.335 e. The third-order valence-corrected chi connectivity index (χ3v) is 4.66. The van der Waals surface area contributed by atoms with Crippen LogP contribution in [-0.2, 0) is 11.3 Å². The van der Waals surface area contributed by atoms with Crippen molar-refractivity contribution in [3.05, 3.63) is 22.4 Å². The molecule has 0 spiro atoms. The summed E-state index contributed by atoms with van der Waals surface area (Å²) in [6.45, 7) is 1.89. The molecule has 0 bridgehead atoms. The molecule has 1 aliphatic carbocycles. The van der Waals surface area contributed by atoms with Crippen LogP contribution in [0.25, 0.3) is 0 Å². The summed E-state index contributed by atoms with van der Waals surface area (Å²) in [7, 11) is 0. The molecule has 3 rings (SSSR count). The maximum atomic E-state index is 12.4. The van der Waals surface area contributed by atoms with Crippen molar-refractivity contribution in [1.29, 1.82) is 0 Å². The zero-order chi connectivity index (χ0) is 12.4. The molecule has 0 aromatic carbocycles. The molecule has 18 heavy (non-hydrogen) atoms. The summed E-state index contributed by atoms with van der Waals surface area (Å²) in [5.74, 6) is 0.338. The van der Waals surface area contributed by atoms with Crippen LogP contribution in [0, 0.1) is 0 Å². The lowest BCUT2D eigenvalue weighted by Gasteiger charge is -2.23. The summed E-state index contributed by atoms with van der Waals surface area (Å²) >= 11 is 1.75. The van der Waals surface area contributed by atoms with Crippen molar-refractivity contribution in [2.75, 3.05) is 6.54 Å². The molecule has 1 amide bonds. The van der Waals surface area contributed by atoms with Gasteiger partial charge < -0.3 is 10.2 Å². The van der Waals surface area contributed by atoms with E-state index in [9.17, 15) is 4.79 Å². The molecule has 1 saturated carbocycles. The second kappa shape index (κ2) is 5.41. The third-order valence-electron chi connectivity index (χ3n) is 3.80. The van der Waals surface area contributed by atoms with Gasteiger partial charge in [0.15, 0.2) is 0 Å². The molecule has 4 heteroatoms. The van der Waals surface area contributed by atoms with Crippen LogP contribution in [0.4, 0.5) is 0 Å². The van der Waals surface area contributed by atoms with Gasteiger partial charge >= 0.3 is 0 Å². The van der Waals surface area contributed by atoms with Crippen molar-refractivity contribution in [1.82, 2.24) is 10.2 Å². The number of rotatable bonds is 5. The van der Waals surface area contributed by atoms with Crippen LogP contribution >= 0.6 is 11.3 Å². The van der Waals surface area contributed by atoms with Crippen molar-refractivity contribution < 1.29 is 4.79 Å². The minimum absolute atomic E-state index is 0.338. The van der Waals surface area contributed by atoms with Gasteiger partial charge in [-0.1, -0.05) is 6.07 Å². The Morgan fingerprint density at radius 1 is 1.44 bits per heavy atom. The first-order valence-electron chi connectivity index (χ1n) is 6.88. The summed E-state index contributed by atoms with van der Waals surface area (Å²) in [5.41, 5.74) is 0. The quantitative estimate of drug-likeness (QED) is 0.885. The Hall–Kier alpha value is -0.870. The second-order valence-electron chi connectivity index (χ2n) is 5.33. The number of hydrogen-bond donors (Lipinski definition) is 1. The Kier molecular flexibility index (Phi) is 3.66. The van der Waals surface area contributed by atoms with E-state index in [0.29, 0.717) is 24.4 Å². The fraction of sp³-hybridized carbons (Fsp3) is 0.643. The standard InChI is InChI=1S/C14H20N2OS/c17-14(9-11-3-1-7-15-11)16(12-5-6-12)10-13-4-2-8-18-13/h2,4,8,11-12,15H,1,3,5-7,9-10H2. The van der Waals surface area contributed by atoms with Gasteiger partial charge in [0.25, 0.3) is 0 Å². The van der Waals surface area contributed by atoms with Crippen LogP contribution in [0.3, 0.4) is 0 Å². The molecule has 1 aromatic heterocycles. The highest BCUT2D eigenvalue weighted by Crippen LogP contribution is 2.30. The Bertz CT molecular complexity index is 394. The molecule has 1 unspecified atom stereocenters. The molecular weight excluding hydrogens is 244 g/mol. The van der Waals surface area contributed by atoms with Gasteiger partial charge in [-0.3, -0.25) is 4.79 Å². The van der Waals surface area contributed by atoms with E-state index >= 15 is 0 Å². The number of amides is 1. The molecule has 2 aliphatic rings. The number of carbonyl (C=O) groups excluding carboxylic acids is 1. The Morgan fingerprint density at radius 3 is 2.94 bits per heavy atom. The van der Waals surface area contributed by atoms with Crippen LogP contribution in [0.1, 0.15) is 37.0 Å². The zero-order valence-electron chi connectivity index (χ0n) is 10.6. The molecule has 1 atom stereocenters. The largest absolute Gasteiger partial charge is 0.335 e. The number of hydrogen-bond acceptors (Lipinski definition) is 3. The Labute approximate surface area is 112 Å². The topological polar surface area (TPSA) is 32.3 Å². The minimum atomic E-state index is 0.338. The van der Waals surface area contributed by atoms with E-state index in [1.54, 1.807) is 11.3 Å². The molecule has 98 valence electrons. The van der Waals surface area contributed by atoms with E-state index < -0.39 is 0 Å². The maximum Gasteiger partial charge on any atom is 0.224 e. The van der Waals surface area contributed by atoms with Crippen LogP contribution in [0.5, 0.6) is 0 Å². The SMILES string of the molecule is O=C(CC1CCCN1)N(Cc1cccs1)C1CC1. The van der Waals surface area contributed by atoms with E-state index in [1.807, 2.05) is 0 Å². The number of nitrogens with one attached hydrogen (secondary N) is 1. The average molecular weight is 264 g/mol. The lowest BCUT2D eigenvalue weighted by molar-refractivity contribution is -0.132. The molecular formula is C14H20N2OS. The van der Waals surface area contributed by atoms with Gasteiger partial charge in [-0.25, -0.2) is 0 Å². The van der Waals surface area contributed by atoms with E-state index in [2.05, 4.69) is 27.7 Å². The predicted molar refractivity (Wildman–Crippen MR) is 73.5 cm³/mol. The van der Waals surface area contributed by atoms with E-state index in [-0.39, 0.29) is 0 Å². The number of nitrogens with zero attached hydrogens (tertiary/aromatic N) is 1. The van der Waals surface area contributed by atoms with Crippen LogP contribution in [0.15, 0.2) is 17.5 Å². The number of carbonyl (C=O) groups is 1. The molecule has 1 N–H and O–H groups in total. The smallest absolute Gasteiger partial charge is 0.224 e. The first-order valence-corrected chi connectivity index (χ1v) is 7.76. The summed E-state index contributed by atoms with van der Waals surface area (Å²) < 4.78 is 0. The third kappa shape index (κ3) is 2.93. The number of thiophene rings is 1. The molecule has 3 nitrogen and oxygen atoms in total. The van der Waals surface area contributed by atoms with Gasteiger partial charge in [-0.05, 0) is 43.7 Å². The summed E-state index contributed by atoms with van der Waals surface area (Å²) in [4.78, 5) is 15.8. The van der Waals surface area contributed by atoms with Gasteiger partial charge in [0.2, 0.25) is 5.91 Å². The van der Waals surface area contributed by atoms with Gasteiger partial charge in [-0.15, -0.1) is 11.3 Å². The summed E-state index contributed by atoms with van der Waals surface area (Å²) in [6, 6.07) is 5.12. The van der Waals surface area contributed by atoms with Crippen molar-refractivity contribution >= 4 is 17.2 Å². The van der Waals surface area contributed by atoms with E-state index in [0.717, 1.165) is 19.5 Å². The molecule has 1 saturated heterocycles. The highest BCUT2D eigenvalue weighted by Gasteiger charge is 2.33. The Balaban J connectivity index is 1.60. The second-order valence-corrected chi connectivity index (χ2v) is 6.36. The fourth-order valence-corrected chi connectivity index (χ4v) is 3.34. The lowest BCUT2D eigenvalue weighted by Crippen LogP contribution is -2.36. The van der Waals surface area contributed by atoms with E-state index in [1.165, 1.54) is 24.1 Å². The lowest BCUT2D eigenvalue weighted by atomic mass is 10.1. The van der Waals surface area contributed by atoms with Gasteiger partial charge in [0.05, 0.1) is 6.54 Å². The predicted octanol–water partition coefficient (Wildman–Crippen LogP) is 2.38. The highest BCUT2D eigenvalue weighted by molar-refractivity contribution is 7.09. The zero-order valence-corrected chi connectivity index (χ0v) is 11.4. The van der Waals surface area contributed by atoms with Gasteiger partial charge in [-0.2, -0.15) is 0 Å². The molecule has 2 heterocycles. The van der Waals surface area contributed by atoms with Crippen molar-refractivity contribution in [3.8, 4) is 0 Å². The van der Waals surface area contributed by atoms with Crippen LogP contribution < -0.4 is 5.32 Å². The average Bonchev–Trinajstić information content (AvgIpc) is 2.87. The highest BCUT2D eigenvalue weighted by atomic mass is 32.1. The summed E-state index contributed by atoms with van der Waals surface area (Å²) in [6.07, 6.45) is 5.43. The molecule has 1 aliphatic heterocycles. The molecule has 0 radical (unpaired) electrons. The van der Waals surface area contributed by atoms with Crippen LogP contribution in [-0.4, -0.2) is 29.4 Å². The molecule has 1 aromatic rings.